The van der Waals surface area contributed by atoms with Crippen molar-refractivity contribution in [1.82, 2.24) is 0 Å². The number of halogens is 2. The molecule has 1 atom stereocenters. The van der Waals surface area contributed by atoms with Crippen LogP contribution in [0.2, 0.25) is 5.02 Å². The highest BCUT2D eigenvalue weighted by atomic mass is 35.5. The van der Waals surface area contributed by atoms with Crippen LogP contribution in [0, 0.1) is 5.82 Å². The molecule has 0 aliphatic heterocycles. The van der Waals surface area contributed by atoms with Crippen LogP contribution in [0.15, 0.2) is 48.5 Å². The van der Waals surface area contributed by atoms with E-state index in [2.05, 4.69) is 0 Å². The van der Waals surface area contributed by atoms with Crippen LogP contribution >= 0.6 is 11.6 Å². The first-order valence-corrected chi connectivity index (χ1v) is 6.91. The van der Waals surface area contributed by atoms with Crippen molar-refractivity contribution in [3.8, 4) is 5.75 Å². The van der Waals surface area contributed by atoms with Gasteiger partial charge in [-0.1, -0.05) is 35.9 Å². The predicted octanol–water partition coefficient (Wildman–Crippen LogP) is 3.82. The molecule has 2 aromatic rings. The van der Waals surface area contributed by atoms with E-state index in [1.807, 2.05) is 30.3 Å². The van der Waals surface area contributed by atoms with E-state index < -0.39 is 0 Å². The van der Waals surface area contributed by atoms with Crippen molar-refractivity contribution in [2.45, 2.75) is 18.9 Å². The van der Waals surface area contributed by atoms with Crippen molar-refractivity contribution in [3.05, 3.63) is 64.9 Å². The molecule has 106 valence electrons. The third-order valence-corrected chi connectivity index (χ3v) is 3.38. The van der Waals surface area contributed by atoms with E-state index in [-0.39, 0.29) is 11.9 Å². The molecule has 0 saturated carbocycles. The molecule has 0 radical (unpaired) electrons. The Morgan fingerprint density at radius 2 is 1.85 bits per heavy atom. The van der Waals surface area contributed by atoms with E-state index in [4.69, 9.17) is 22.1 Å². The second kappa shape index (κ2) is 7.27. The third-order valence-electron chi connectivity index (χ3n) is 3.03. The Hall–Kier alpha value is -1.58. The lowest BCUT2D eigenvalue weighted by Crippen LogP contribution is -2.26. The zero-order valence-electron chi connectivity index (χ0n) is 11.1. The van der Waals surface area contributed by atoms with Crippen molar-refractivity contribution >= 4 is 11.6 Å². The molecule has 0 amide bonds. The van der Waals surface area contributed by atoms with Crippen LogP contribution in [-0.4, -0.2) is 12.6 Å². The van der Waals surface area contributed by atoms with Gasteiger partial charge in [0, 0.05) is 16.6 Å². The first-order valence-electron chi connectivity index (χ1n) is 6.53. The highest BCUT2D eigenvalue weighted by Crippen LogP contribution is 2.20. The molecule has 4 heteroatoms. The Bertz CT molecular complexity index is 527. The summed E-state index contributed by atoms with van der Waals surface area (Å²) < 4.78 is 19.2. The second-order valence-corrected chi connectivity index (χ2v) is 5.02. The molecule has 0 heterocycles. The average Bonchev–Trinajstić information content (AvgIpc) is 2.44. The van der Waals surface area contributed by atoms with Crippen molar-refractivity contribution in [3.63, 3.8) is 0 Å². The van der Waals surface area contributed by atoms with Gasteiger partial charge in [0.25, 0.3) is 0 Å². The Labute approximate surface area is 123 Å². The lowest BCUT2D eigenvalue weighted by molar-refractivity contribution is 0.297. The number of rotatable bonds is 6. The van der Waals surface area contributed by atoms with Crippen LogP contribution in [0.25, 0.3) is 0 Å². The number of hydrogen-bond acceptors (Lipinski definition) is 2. The maximum absolute atomic E-state index is 13.6. The predicted molar refractivity (Wildman–Crippen MR) is 79.6 cm³/mol. The van der Waals surface area contributed by atoms with Crippen molar-refractivity contribution in [2.24, 2.45) is 5.73 Å². The fourth-order valence-corrected chi connectivity index (χ4v) is 2.18. The Morgan fingerprint density at radius 3 is 2.55 bits per heavy atom. The zero-order valence-corrected chi connectivity index (χ0v) is 11.8. The molecule has 2 N–H and O–H groups in total. The number of hydrogen-bond donors (Lipinski definition) is 1. The van der Waals surface area contributed by atoms with E-state index in [1.54, 1.807) is 12.1 Å². The van der Waals surface area contributed by atoms with Gasteiger partial charge in [0.15, 0.2) is 0 Å². The van der Waals surface area contributed by atoms with Crippen molar-refractivity contribution < 1.29 is 9.13 Å². The monoisotopic (exact) mass is 293 g/mol. The molecular formula is C16H17ClFNO. The van der Waals surface area contributed by atoms with Crippen LogP contribution in [0.3, 0.4) is 0 Å². The molecule has 1 unspecified atom stereocenters. The molecule has 0 spiro atoms. The fourth-order valence-electron chi connectivity index (χ4n) is 1.94. The molecule has 0 aromatic heterocycles. The van der Waals surface area contributed by atoms with Gasteiger partial charge in [0.2, 0.25) is 0 Å². The lowest BCUT2D eigenvalue weighted by atomic mass is 10.0. The molecule has 2 aromatic carbocycles. The first kappa shape index (κ1) is 14.8. The molecule has 20 heavy (non-hydrogen) atoms. The number of ether oxygens (including phenoxy) is 1. The van der Waals surface area contributed by atoms with E-state index in [0.717, 1.165) is 5.75 Å². The summed E-state index contributed by atoms with van der Waals surface area (Å²) in [6.07, 6.45) is 1.04. The smallest absolute Gasteiger partial charge is 0.127 e. The standard InChI is InChI=1S/C16H17ClFNO/c17-15-7-4-8-16(18)14(15)11-12(19)9-10-20-13-5-2-1-3-6-13/h1-8,12H,9-11,19H2. The van der Waals surface area contributed by atoms with E-state index >= 15 is 0 Å². The minimum atomic E-state index is -0.308. The Balaban J connectivity index is 1.82. The summed E-state index contributed by atoms with van der Waals surface area (Å²) in [6.45, 7) is 0.497. The molecule has 0 aliphatic rings. The van der Waals surface area contributed by atoms with Gasteiger partial charge >= 0.3 is 0 Å². The van der Waals surface area contributed by atoms with Crippen LogP contribution in [0.5, 0.6) is 5.75 Å². The highest BCUT2D eigenvalue weighted by Gasteiger charge is 2.11. The maximum Gasteiger partial charge on any atom is 0.127 e. The number of para-hydroxylation sites is 1. The van der Waals surface area contributed by atoms with Gasteiger partial charge in [0.1, 0.15) is 11.6 Å². The quantitative estimate of drug-likeness (QED) is 0.879. The van der Waals surface area contributed by atoms with Crippen molar-refractivity contribution in [1.29, 1.82) is 0 Å². The lowest BCUT2D eigenvalue weighted by Gasteiger charge is -2.14. The molecular weight excluding hydrogens is 277 g/mol. The van der Waals surface area contributed by atoms with E-state index in [9.17, 15) is 4.39 Å². The van der Waals surface area contributed by atoms with Crippen LogP contribution in [-0.2, 0) is 6.42 Å². The summed E-state index contributed by atoms with van der Waals surface area (Å²) in [5.41, 5.74) is 6.48. The normalized spacial score (nSPS) is 12.2. The topological polar surface area (TPSA) is 35.2 Å². The minimum absolute atomic E-state index is 0.187. The SMILES string of the molecule is NC(CCOc1ccccc1)Cc1c(F)cccc1Cl. The summed E-state index contributed by atoms with van der Waals surface area (Å²) >= 11 is 5.98. The molecule has 0 fully saturated rings. The first-order chi connectivity index (χ1) is 9.66. The summed E-state index contributed by atoms with van der Waals surface area (Å²) in [5, 5.41) is 0.421. The number of benzene rings is 2. The molecule has 0 saturated heterocycles. The Morgan fingerprint density at radius 1 is 1.10 bits per heavy atom. The summed E-state index contributed by atoms with van der Waals surface area (Å²) in [5.74, 6) is 0.501. The zero-order chi connectivity index (χ0) is 14.4. The largest absolute Gasteiger partial charge is 0.494 e. The van der Waals surface area contributed by atoms with Gasteiger partial charge in [-0.25, -0.2) is 4.39 Å². The number of nitrogens with two attached hydrogens (primary N) is 1. The molecule has 2 rings (SSSR count). The van der Waals surface area contributed by atoms with Gasteiger partial charge in [-0.15, -0.1) is 0 Å². The molecule has 0 aliphatic carbocycles. The maximum atomic E-state index is 13.6. The summed E-state index contributed by atoms with van der Waals surface area (Å²) in [6, 6.07) is 14.0. The van der Waals surface area contributed by atoms with E-state index in [1.165, 1.54) is 6.07 Å². The van der Waals surface area contributed by atoms with Crippen LogP contribution in [0.1, 0.15) is 12.0 Å². The van der Waals surface area contributed by atoms with E-state index in [0.29, 0.717) is 30.0 Å². The third kappa shape index (κ3) is 4.22. The fraction of sp³-hybridized carbons (Fsp3) is 0.250. The van der Waals surface area contributed by atoms with Crippen molar-refractivity contribution in [2.75, 3.05) is 6.61 Å². The van der Waals surface area contributed by atoms with Gasteiger partial charge in [0.05, 0.1) is 6.61 Å². The van der Waals surface area contributed by atoms with Gasteiger partial charge < -0.3 is 10.5 Å². The summed E-state index contributed by atoms with van der Waals surface area (Å²) in [7, 11) is 0. The minimum Gasteiger partial charge on any atom is -0.494 e. The Kier molecular flexibility index (Phi) is 5.39. The average molecular weight is 294 g/mol. The highest BCUT2D eigenvalue weighted by molar-refractivity contribution is 6.31. The summed E-state index contributed by atoms with van der Waals surface area (Å²) in [4.78, 5) is 0. The van der Waals surface area contributed by atoms with Crippen LogP contribution < -0.4 is 10.5 Å². The molecule has 0 bridgehead atoms. The van der Waals surface area contributed by atoms with Crippen LogP contribution in [0.4, 0.5) is 4.39 Å². The van der Waals surface area contributed by atoms with Gasteiger partial charge in [-0.3, -0.25) is 0 Å². The van der Waals surface area contributed by atoms with Gasteiger partial charge in [-0.05, 0) is 37.1 Å². The second-order valence-electron chi connectivity index (χ2n) is 4.61. The van der Waals surface area contributed by atoms with Gasteiger partial charge in [-0.2, -0.15) is 0 Å². The molecule has 2 nitrogen and oxygen atoms in total.